The number of halogens is 1. The van der Waals surface area contributed by atoms with Crippen molar-refractivity contribution in [1.29, 1.82) is 0 Å². The van der Waals surface area contributed by atoms with E-state index in [0.717, 1.165) is 0 Å². The Morgan fingerprint density at radius 3 is 2.64 bits per heavy atom. The first-order chi connectivity index (χ1) is 12.0. The lowest BCUT2D eigenvalue weighted by molar-refractivity contribution is 0.0528. The summed E-state index contributed by atoms with van der Waals surface area (Å²) < 4.78 is 24.2. The molecule has 5 nitrogen and oxygen atoms in total. The summed E-state index contributed by atoms with van der Waals surface area (Å²) in [6.45, 7) is 2.26. The number of carbonyl (C=O) groups is 1. The first kappa shape index (κ1) is 17.0. The minimum absolute atomic E-state index is 0.0192. The monoisotopic (exact) mass is 343 g/mol. The van der Waals surface area contributed by atoms with Crippen LogP contribution in [-0.2, 0) is 11.2 Å². The first-order valence-electron chi connectivity index (χ1n) is 7.96. The largest absolute Gasteiger partial charge is 0.508 e. The molecule has 0 unspecified atom stereocenters. The van der Waals surface area contributed by atoms with Crippen molar-refractivity contribution in [2.45, 2.75) is 13.3 Å². The molecule has 3 rings (SSSR count). The van der Waals surface area contributed by atoms with Crippen molar-refractivity contribution in [3.05, 3.63) is 53.3 Å². The van der Waals surface area contributed by atoms with Gasteiger partial charge in [-0.1, -0.05) is 0 Å². The average Bonchev–Trinajstić information content (AvgIpc) is 2.95. The van der Waals surface area contributed by atoms with Crippen molar-refractivity contribution in [2.75, 3.05) is 13.2 Å². The van der Waals surface area contributed by atoms with Crippen LogP contribution in [0.3, 0.4) is 0 Å². The molecule has 25 heavy (non-hydrogen) atoms. The number of ether oxygens (including phenoxy) is 1. The van der Waals surface area contributed by atoms with Crippen LogP contribution in [-0.4, -0.2) is 24.2 Å². The number of nitrogens with two attached hydrogens (primary N) is 1. The first-order valence-corrected chi connectivity index (χ1v) is 7.96. The maximum Gasteiger partial charge on any atom is 0.342 e. The van der Waals surface area contributed by atoms with E-state index in [9.17, 15) is 14.3 Å². The zero-order valence-corrected chi connectivity index (χ0v) is 13.7. The molecule has 0 fully saturated rings. The van der Waals surface area contributed by atoms with E-state index >= 15 is 0 Å². The van der Waals surface area contributed by atoms with Crippen LogP contribution in [0.15, 0.2) is 40.8 Å². The number of rotatable bonds is 5. The topological polar surface area (TPSA) is 85.7 Å². The van der Waals surface area contributed by atoms with Gasteiger partial charge in [-0.25, -0.2) is 9.18 Å². The van der Waals surface area contributed by atoms with E-state index in [0.29, 0.717) is 35.1 Å². The maximum atomic E-state index is 13.2. The summed E-state index contributed by atoms with van der Waals surface area (Å²) in [4.78, 5) is 12.6. The van der Waals surface area contributed by atoms with E-state index < -0.39 is 5.97 Å². The minimum atomic E-state index is -0.537. The lowest BCUT2D eigenvalue weighted by Gasteiger charge is -2.06. The highest BCUT2D eigenvalue weighted by molar-refractivity contribution is 6.10. The van der Waals surface area contributed by atoms with Gasteiger partial charge in [0.2, 0.25) is 0 Å². The molecule has 0 saturated heterocycles. The van der Waals surface area contributed by atoms with Crippen molar-refractivity contribution < 1.29 is 23.4 Å². The molecule has 0 spiro atoms. The van der Waals surface area contributed by atoms with E-state index in [1.807, 2.05) is 0 Å². The van der Waals surface area contributed by atoms with Crippen LogP contribution in [0.5, 0.6) is 5.75 Å². The number of esters is 1. The van der Waals surface area contributed by atoms with Crippen LogP contribution in [0.1, 0.15) is 22.8 Å². The van der Waals surface area contributed by atoms with Gasteiger partial charge in [0.1, 0.15) is 28.5 Å². The van der Waals surface area contributed by atoms with Gasteiger partial charge in [-0.15, -0.1) is 0 Å². The fraction of sp³-hybridized carbons (Fsp3) is 0.211. The zero-order chi connectivity index (χ0) is 18.0. The van der Waals surface area contributed by atoms with E-state index in [1.165, 1.54) is 30.3 Å². The van der Waals surface area contributed by atoms with E-state index in [2.05, 4.69) is 0 Å². The van der Waals surface area contributed by atoms with Gasteiger partial charge in [-0.05, 0) is 55.8 Å². The summed E-state index contributed by atoms with van der Waals surface area (Å²) in [5.74, 6) is -0.633. The molecule has 0 aliphatic heterocycles. The highest BCUT2D eigenvalue weighted by Crippen LogP contribution is 2.38. The van der Waals surface area contributed by atoms with Crippen LogP contribution >= 0.6 is 0 Å². The minimum Gasteiger partial charge on any atom is -0.508 e. The fourth-order valence-electron chi connectivity index (χ4n) is 2.85. The standard InChI is InChI=1S/C19H18FNO4/c1-2-24-19(23)17-16-12(7-8-21)9-14(22)10-15(16)25-18(17)11-3-5-13(20)6-4-11/h3-6,9-10,22H,2,7-8,21H2,1H3. The Kier molecular flexibility index (Phi) is 4.72. The summed E-state index contributed by atoms with van der Waals surface area (Å²) in [5, 5.41) is 10.5. The van der Waals surface area contributed by atoms with E-state index in [4.69, 9.17) is 14.9 Å². The molecule has 0 amide bonds. The highest BCUT2D eigenvalue weighted by atomic mass is 19.1. The van der Waals surface area contributed by atoms with Crippen molar-refractivity contribution in [2.24, 2.45) is 5.73 Å². The molecular formula is C19H18FNO4. The van der Waals surface area contributed by atoms with Crippen LogP contribution < -0.4 is 5.73 Å². The van der Waals surface area contributed by atoms with E-state index in [1.54, 1.807) is 13.0 Å². The van der Waals surface area contributed by atoms with Crippen molar-refractivity contribution in [3.8, 4) is 17.1 Å². The quantitative estimate of drug-likeness (QED) is 0.691. The number of aromatic hydroxyl groups is 1. The Balaban J connectivity index is 2.32. The normalized spacial score (nSPS) is 11.0. The van der Waals surface area contributed by atoms with Gasteiger partial charge in [0.15, 0.2) is 0 Å². The molecule has 0 aliphatic rings. The number of benzene rings is 2. The van der Waals surface area contributed by atoms with Crippen LogP contribution in [0.2, 0.25) is 0 Å². The molecule has 0 atom stereocenters. The molecule has 1 heterocycles. The molecule has 0 saturated carbocycles. The zero-order valence-electron chi connectivity index (χ0n) is 13.7. The molecular weight excluding hydrogens is 325 g/mol. The predicted molar refractivity (Wildman–Crippen MR) is 92.0 cm³/mol. The molecule has 0 bridgehead atoms. The third-order valence-corrected chi connectivity index (χ3v) is 3.86. The molecule has 3 N–H and O–H groups in total. The lowest BCUT2D eigenvalue weighted by Crippen LogP contribution is -2.08. The second-order valence-electron chi connectivity index (χ2n) is 5.55. The van der Waals surface area contributed by atoms with Crippen molar-refractivity contribution in [3.63, 3.8) is 0 Å². The Hall–Kier alpha value is -2.86. The number of phenolic OH excluding ortho intramolecular Hbond substituents is 1. The van der Waals surface area contributed by atoms with Gasteiger partial charge in [0, 0.05) is 17.0 Å². The number of phenols is 1. The number of hydrogen-bond donors (Lipinski definition) is 2. The molecule has 6 heteroatoms. The van der Waals surface area contributed by atoms with Gasteiger partial charge in [0.25, 0.3) is 0 Å². The molecule has 130 valence electrons. The Morgan fingerprint density at radius 1 is 1.28 bits per heavy atom. The molecule has 2 aromatic carbocycles. The van der Waals surface area contributed by atoms with Gasteiger partial charge < -0.3 is 20.0 Å². The van der Waals surface area contributed by atoms with Crippen LogP contribution in [0, 0.1) is 5.82 Å². The Bertz CT molecular complexity index is 915. The van der Waals surface area contributed by atoms with Crippen LogP contribution in [0.25, 0.3) is 22.3 Å². The number of carbonyl (C=O) groups excluding carboxylic acids is 1. The number of furan rings is 1. The van der Waals surface area contributed by atoms with Crippen molar-refractivity contribution >= 4 is 16.9 Å². The van der Waals surface area contributed by atoms with Gasteiger partial charge in [0.05, 0.1) is 6.61 Å². The third-order valence-electron chi connectivity index (χ3n) is 3.86. The summed E-state index contributed by atoms with van der Waals surface area (Å²) in [6, 6.07) is 8.62. The second kappa shape index (κ2) is 6.94. The lowest BCUT2D eigenvalue weighted by atomic mass is 9.99. The molecule has 0 aliphatic carbocycles. The summed E-state index contributed by atoms with van der Waals surface area (Å²) in [7, 11) is 0. The Morgan fingerprint density at radius 2 is 2.00 bits per heavy atom. The fourth-order valence-corrected chi connectivity index (χ4v) is 2.85. The maximum absolute atomic E-state index is 13.2. The average molecular weight is 343 g/mol. The third kappa shape index (κ3) is 3.21. The van der Waals surface area contributed by atoms with Crippen LogP contribution in [0.4, 0.5) is 4.39 Å². The molecule has 1 aromatic heterocycles. The van der Waals surface area contributed by atoms with Gasteiger partial charge >= 0.3 is 5.97 Å². The van der Waals surface area contributed by atoms with Gasteiger partial charge in [-0.2, -0.15) is 0 Å². The number of fused-ring (bicyclic) bond motifs is 1. The highest BCUT2D eigenvalue weighted by Gasteiger charge is 2.25. The second-order valence-corrected chi connectivity index (χ2v) is 5.55. The summed E-state index contributed by atoms with van der Waals surface area (Å²) >= 11 is 0. The summed E-state index contributed by atoms with van der Waals surface area (Å²) in [5.41, 5.74) is 7.49. The Labute approximate surface area is 143 Å². The smallest absolute Gasteiger partial charge is 0.342 e. The number of hydrogen-bond acceptors (Lipinski definition) is 5. The molecule has 0 radical (unpaired) electrons. The predicted octanol–water partition coefficient (Wildman–Crippen LogP) is 3.62. The summed E-state index contributed by atoms with van der Waals surface area (Å²) in [6.07, 6.45) is 0.458. The van der Waals surface area contributed by atoms with Crippen molar-refractivity contribution in [1.82, 2.24) is 0 Å². The van der Waals surface area contributed by atoms with E-state index in [-0.39, 0.29) is 29.5 Å². The SMILES string of the molecule is CCOC(=O)c1c(-c2ccc(F)cc2)oc2cc(O)cc(CCN)c12. The molecule has 3 aromatic rings. The van der Waals surface area contributed by atoms with Gasteiger partial charge in [-0.3, -0.25) is 0 Å².